The van der Waals surface area contributed by atoms with Crippen LogP contribution in [0.3, 0.4) is 0 Å². The highest BCUT2D eigenvalue weighted by atomic mass is 19.1. The number of rotatable bonds is 1. The molecule has 0 N–H and O–H groups in total. The fourth-order valence-electron chi connectivity index (χ4n) is 1.30. The summed E-state index contributed by atoms with van der Waals surface area (Å²) >= 11 is 0. The first-order valence-electron chi connectivity index (χ1n) is 4.22. The van der Waals surface area contributed by atoms with E-state index >= 15 is 0 Å². The van der Waals surface area contributed by atoms with Crippen molar-refractivity contribution in [3.8, 4) is 0 Å². The number of nitrogens with zero attached hydrogens (tertiary/aromatic N) is 3. The molecule has 0 amide bonds. The number of halogens is 1. The van der Waals surface area contributed by atoms with Crippen molar-refractivity contribution in [3.05, 3.63) is 29.5 Å². The van der Waals surface area contributed by atoms with E-state index in [1.54, 1.807) is 6.92 Å². The first kappa shape index (κ1) is 9.57. The normalized spacial score (nSPS) is 10.6. The second-order valence-electron chi connectivity index (χ2n) is 3.00. The molecule has 2 heterocycles. The molecule has 0 aliphatic heterocycles. The van der Waals surface area contributed by atoms with Crippen LogP contribution in [0.2, 0.25) is 0 Å². The van der Waals surface area contributed by atoms with Crippen molar-refractivity contribution in [2.75, 3.05) is 7.11 Å². The maximum Gasteiger partial charge on any atom is 0.356 e. The molecule has 0 spiro atoms. The van der Waals surface area contributed by atoms with E-state index in [2.05, 4.69) is 14.8 Å². The van der Waals surface area contributed by atoms with Gasteiger partial charge in [-0.05, 0) is 13.0 Å². The Hall–Kier alpha value is -1.98. The molecule has 0 radical (unpaired) electrons. The number of fused-ring (bicyclic) bond motifs is 1. The van der Waals surface area contributed by atoms with Gasteiger partial charge in [-0.3, -0.25) is 0 Å². The second-order valence-corrected chi connectivity index (χ2v) is 3.00. The summed E-state index contributed by atoms with van der Waals surface area (Å²) in [4.78, 5) is 15.0. The molecule has 5 nitrogen and oxygen atoms in total. The van der Waals surface area contributed by atoms with Crippen LogP contribution >= 0.6 is 0 Å². The number of carbonyl (C=O) groups is 1. The zero-order valence-electron chi connectivity index (χ0n) is 8.19. The minimum Gasteiger partial charge on any atom is -0.464 e. The van der Waals surface area contributed by atoms with Gasteiger partial charge in [-0.1, -0.05) is 0 Å². The fourth-order valence-corrected chi connectivity index (χ4v) is 1.30. The molecule has 0 atom stereocenters. The van der Waals surface area contributed by atoms with Crippen LogP contribution in [0.1, 0.15) is 16.2 Å². The van der Waals surface area contributed by atoms with E-state index in [1.165, 1.54) is 17.7 Å². The predicted octanol–water partition coefficient (Wildman–Crippen LogP) is 0.963. The Morgan fingerprint density at radius 3 is 3.00 bits per heavy atom. The Balaban J connectivity index is 2.70. The van der Waals surface area contributed by atoms with Crippen molar-refractivity contribution in [1.82, 2.24) is 14.6 Å². The molecule has 0 unspecified atom stereocenters. The lowest BCUT2D eigenvalue weighted by molar-refractivity contribution is 0.0594. The Labute approximate surface area is 84.5 Å². The van der Waals surface area contributed by atoms with Gasteiger partial charge in [-0.2, -0.15) is 5.10 Å². The molecule has 0 aliphatic carbocycles. The van der Waals surface area contributed by atoms with Crippen molar-refractivity contribution < 1.29 is 13.9 Å². The lowest BCUT2D eigenvalue weighted by Gasteiger charge is -2.02. The van der Waals surface area contributed by atoms with Gasteiger partial charge in [0.05, 0.1) is 13.3 Å². The summed E-state index contributed by atoms with van der Waals surface area (Å²) in [6.45, 7) is 1.70. The molecular weight excluding hydrogens is 201 g/mol. The van der Waals surface area contributed by atoms with Crippen LogP contribution < -0.4 is 0 Å². The standard InChI is InChI=1S/C9H8FN3O2/c1-5-3-7(9(14)15-2)12-8-6(10)4-11-13(5)8/h3-4H,1-2H3. The average molecular weight is 209 g/mol. The highest BCUT2D eigenvalue weighted by molar-refractivity contribution is 5.87. The average Bonchev–Trinajstić information content (AvgIpc) is 2.60. The molecule has 15 heavy (non-hydrogen) atoms. The van der Waals surface area contributed by atoms with Gasteiger partial charge >= 0.3 is 5.97 Å². The molecule has 2 rings (SSSR count). The molecule has 0 fully saturated rings. The van der Waals surface area contributed by atoms with Crippen LogP contribution in [0.4, 0.5) is 4.39 Å². The number of esters is 1. The number of carbonyl (C=O) groups excluding carboxylic acids is 1. The van der Waals surface area contributed by atoms with Crippen molar-refractivity contribution in [1.29, 1.82) is 0 Å². The third-order valence-electron chi connectivity index (χ3n) is 2.00. The quantitative estimate of drug-likeness (QED) is 0.656. The van der Waals surface area contributed by atoms with E-state index in [0.29, 0.717) is 5.69 Å². The largest absolute Gasteiger partial charge is 0.464 e. The molecule has 2 aromatic rings. The number of hydrogen-bond acceptors (Lipinski definition) is 4. The summed E-state index contributed by atoms with van der Waals surface area (Å²) in [6.07, 6.45) is 1.05. The molecule has 0 saturated heterocycles. The van der Waals surface area contributed by atoms with Crippen molar-refractivity contribution >= 4 is 11.6 Å². The fraction of sp³-hybridized carbons (Fsp3) is 0.222. The lowest BCUT2D eigenvalue weighted by Crippen LogP contribution is -2.08. The molecule has 6 heteroatoms. The van der Waals surface area contributed by atoms with Gasteiger partial charge in [-0.25, -0.2) is 18.7 Å². The number of aromatic nitrogens is 3. The summed E-state index contributed by atoms with van der Waals surface area (Å²) in [7, 11) is 1.25. The van der Waals surface area contributed by atoms with Crippen LogP contribution in [0.25, 0.3) is 5.65 Å². The van der Waals surface area contributed by atoms with Crippen molar-refractivity contribution in [2.24, 2.45) is 0 Å². The topological polar surface area (TPSA) is 56.5 Å². The van der Waals surface area contributed by atoms with E-state index in [4.69, 9.17) is 0 Å². The predicted molar refractivity (Wildman–Crippen MR) is 49.0 cm³/mol. The van der Waals surface area contributed by atoms with Gasteiger partial charge in [0.1, 0.15) is 0 Å². The number of aryl methyl sites for hydroxylation is 1. The van der Waals surface area contributed by atoms with Crippen LogP contribution in [0.15, 0.2) is 12.3 Å². The highest BCUT2D eigenvalue weighted by Gasteiger charge is 2.13. The van der Waals surface area contributed by atoms with Gasteiger partial charge in [-0.15, -0.1) is 0 Å². The Morgan fingerprint density at radius 1 is 1.60 bits per heavy atom. The van der Waals surface area contributed by atoms with Gasteiger partial charge < -0.3 is 4.74 Å². The number of methoxy groups -OCH3 is 1. The third kappa shape index (κ3) is 1.43. The van der Waals surface area contributed by atoms with E-state index < -0.39 is 11.8 Å². The van der Waals surface area contributed by atoms with Crippen LogP contribution in [-0.4, -0.2) is 27.7 Å². The van der Waals surface area contributed by atoms with E-state index in [0.717, 1.165) is 6.20 Å². The molecule has 0 aromatic carbocycles. The molecule has 0 aliphatic rings. The smallest absolute Gasteiger partial charge is 0.356 e. The molecular formula is C9H8FN3O2. The SMILES string of the molecule is COC(=O)c1cc(C)n2ncc(F)c2n1. The van der Waals surface area contributed by atoms with Crippen LogP contribution in [-0.2, 0) is 4.74 Å². The van der Waals surface area contributed by atoms with Gasteiger partial charge in [0.25, 0.3) is 0 Å². The summed E-state index contributed by atoms with van der Waals surface area (Å²) < 4.78 is 19.0. The first-order chi connectivity index (χ1) is 7.13. The van der Waals surface area contributed by atoms with E-state index in [1.807, 2.05) is 0 Å². The summed E-state index contributed by atoms with van der Waals surface area (Å²) in [5.41, 5.74) is 0.710. The lowest BCUT2D eigenvalue weighted by atomic mass is 10.3. The van der Waals surface area contributed by atoms with Crippen LogP contribution in [0.5, 0.6) is 0 Å². The van der Waals surface area contributed by atoms with Crippen LogP contribution in [0, 0.1) is 12.7 Å². The van der Waals surface area contributed by atoms with Crippen molar-refractivity contribution in [2.45, 2.75) is 6.92 Å². The molecule has 0 bridgehead atoms. The maximum atomic E-state index is 13.2. The zero-order valence-corrected chi connectivity index (χ0v) is 8.19. The monoisotopic (exact) mass is 209 g/mol. The first-order valence-corrected chi connectivity index (χ1v) is 4.22. The minimum atomic E-state index is -0.596. The third-order valence-corrected chi connectivity index (χ3v) is 2.00. The minimum absolute atomic E-state index is 0.0235. The summed E-state index contributed by atoms with van der Waals surface area (Å²) in [5, 5.41) is 3.77. The molecule has 0 saturated carbocycles. The Bertz CT molecular complexity index is 535. The highest BCUT2D eigenvalue weighted by Crippen LogP contribution is 2.10. The van der Waals surface area contributed by atoms with Gasteiger partial charge in [0.15, 0.2) is 17.2 Å². The molecule has 78 valence electrons. The number of ether oxygens (including phenoxy) is 1. The van der Waals surface area contributed by atoms with Gasteiger partial charge in [0, 0.05) is 5.69 Å². The van der Waals surface area contributed by atoms with Gasteiger partial charge in [0.2, 0.25) is 0 Å². The van der Waals surface area contributed by atoms with E-state index in [9.17, 15) is 9.18 Å². The molecule has 2 aromatic heterocycles. The Kier molecular flexibility index (Phi) is 2.11. The second kappa shape index (κ2) is 3.30. The number of hydrogen-bond donors (Lipinski definition) is 0. The van der Waals surface area contributed by atoms with Crippen molar-refractivity contribution in [3.63, 3.8) is 0 Å². The summed E-state index contributed by atoms with van der Waals surface area (Å²) in [5.74, 6) is -1.16. The summed E-state index contributed by atoms with van der Waals surface area (Å²) in [6, 6.07) is 1.49. The van der Waals surface area contributed by atoms with E-state index in [-0.39, 0.29) is 11.3 Å². The zero-order chi connectivity index (χ0) is 11.0. The Morgan fingerprint density at radius 2 is 2.33 bits per heavy atom. The maximum absolute atomic E-state index is 13.2.